The molecule has 1 N–H and O–H groups in total. The molecule has 1 aromatic carbocycles. The number of allylic oxidation sites excluding steroid dienone is 2. The molecule has 23 heavy (non-hydrogen) atoms. The van der Waals surface area contributed by atoms with Crippen molar-refractivity contribution in [2.75, 3.05) is 5.32 Å². The largest absolute Gasteiger partial charge is 0.302 e. The number of benzene rings is 1. The number of anilines is 1. The molecule has 3 rings (SSSR count). The highest BCUT2D eigenvalue weighted by molar-refractivity contribution is 7.14. The molecule has 1 aliphatic rings. The van der Waals surface area contributed by atoms with Crippen molar-refractivity contribution in [2.24, 2.45) is 5.92 Å². The summed E-state index contributed by atoms with van der Waals surface area (Å²) < 4.78 is 0. The minimum absolute atomic E-state index is 0.0789. The van der Waals surface area contributed by atoms with Gasteiger partial charge in [-0.2, -0.15) is 0 Å². The van der Waals surface area contributed by atoms with E-state index in [9.17, 15) is 4.79 Å². The van der Waals surface area contributed by atoms with Crippen molar-refractivity contribution in [1.82, 2.24) is 4.98 Å². The summed E-state index contributed by atoms with van der Waals surface area (Å²) in [5.41, 5.74) is 5.83. The Morgan fingerprint density at radius 1 is 1.22 bits per heavy atom. The predicted molar refractivity (Wildman–Crippen MR) is 96.9 cm³/mol. The fraction of sp³-hybridized carbons (Fsp3) is 0.368. The van der Waals surface area contributed by atoms with Crippen molar-refractivity contribution in [3.05, 3.63) is 46.4 Å². The summed E-state index contributed by atoms with van der Waals surface area (Å²) >= 11 is 1.50. The van der Waals surface area contributed by atoms with E-state index < -0.39 is 0 Å². The van der Waals surface area contributed by atoms with Gasteiger partial charge in [0.2, 0.25) is 5.91 Å². The third-order valence-corrected chi connectivity index (χ3v) is 5.07. The number of nitrogens with zero attached hydrogens (tertiary/aromatic N) is 1. The standard InChI is InChI=1S/C19H22N2OS/c1-12-9-13(2)17(14(3)10-12)16-11-23-19(20-16)21-18(22)15-7-5-4-6-8-15/h4-5,9-11,15H,6-8H2,1-3H3,(H,20,21,22)/t15-/m1/s1. The topological polar surface area (TPSA) is 42.0 Å². The number of thiazole rings is 1. The second-order valence-corrected chi connectivity index (χ2v) is 7.14. The molecular formula is C19H22N2OS. The number of hydrogen-bond donors (Lipinski definition) is 1. The van der Waals surface area contributed by atoms with Gasteiger partial charge in [0.05, 0.1) is 5.69 Å². The fourth-order valence-electron chi connectivity index (χ4n) is 3.27. The van der Waals surface area contributed by atoms with Gasteiger partial charge in [-0.15, -0.1) is 11.3 Å². The summed E-state index contributed by atoms with van der Waals surface area (Å²) in [4.78, 5) is 16.9. The first-order valence-electron chi connectivity index (χ1n) is 8.04. The Labute approximate surface area is 141 Å². The van der Waals surface area contributed by atoms with Gasteiger partial charge in [-0.05, 0) is 51.2 Å². The lowest BCUT2D eigenvalue weighted by Crippen LogP contribution is -2.23. The molecular weight excluding hydrogens is 304 g/mol. The van der Waals surface area contributed by atoms with Crippen LogP contribution in [0.2, 0.25) is 0 Å². The molecule has 0 aliphatic heterocycles. The Balaban J connectivity index is 1.78. The van der Waals surface area contributed by atoms with E-state index in [4.69, 9.17) is 0 Å². The summed E-state index contributed by atoms with van der Waals surface area (Å²) in [6.45, 7) is 6.33. The molecule has 0 radical (unpaired) electrons. The van der Waals surface area contributed by atoms with Crippen LogP contribution >= 0.6 is 11.3 Å². The average molecular weight is 326 g/mol. The maximum absolute atomic E-state index is 12.3. The second-order valence-electron chi connectivity index (χ2n) is 6.28. The smallest absolute Gasteiger partial charge is 0.229 e. The molecule has 1 amide bonds. The van der Waals surface area contributed by atoms with Crippen molar-refractivity contribution in [2.45, 2.75) is 40.0 Å². The number of aryl methyl sites for hydroxylation is 3. The molecule has 1 aliphatic carbocycles. The maximum Gasteiger partial charge on any atom is 0.229 e. The zero-order chi connectivity index (χ0) is 16.4. The van der Waals surface area contributed by atoms with E-state index in [0.29, 0.717) is 5.13 Å². The Morgan fingerprint density at radius 2 is 1.96 bits per heavy atom. The zero-order valence-corrected chi connectivity index (χ0v) is 14.7. The lowest BCUT2D eigenvalue weighted by atomic mass is 9.94. The van der Waals surface area contributed by atoms with E-state index in [1.807, 2.05) is 5.38 Å². The Bertz CT molecular complexity index is 737. The monoisotopic (exact) mass is 326 g/mol. The number of nitrogens with one attached hydrogen (secondary N) is 1. The number of hydrogen-bond acceptors (Lipinski definition) is 3. The Hall–Kier alpha value is -1.94. The highest BCUT2D eigenvalue weighted by Gasteiger charge is 2.20. The lowest BCUT2D eigenvalue weighted by molar-refractivity contribution is -0.120. The van der Waals surface area contributed by atoms with Crippen molar-refractivity contribution in [1.29, 1.82) is 0 Å². The van der Waals surface area contributed by atoms with E-state index >= 15 is 0 Å². The van der Waals surface area contributed by atoms with E-state index in [1.165, 1.54) is 33.6 Å². The fourth-order valence-corrected chi connectivity index (χ4v) is 3.97. The molecule has 0 saturated heterocycles. The minimum atomic E-state index is 0.0789. The number of aromatic nitrogens is 1. The van der Waals surface area contributed by atoms with E-state index in [0.717, 1.165) is 25.0 Å². The summed E-state index contributed by atoms with van der Waals surface area (Å²) in [6.07, 6.45) is 6.99. The average Bonchev–Trinajstić information content (AvgIpc) is 2.95. The van der Waals surface area contributed by atoms with Gasteiger partial charge in [-0.25, -0.2) is 4.98 Å². The molecule has 4 heteroatoms. The van der Waals surface area contributed by atoms with E-state index in [-0.39, 0.29) is 11.8 Å². The van der Waals surface area contributed by atoms with Crippen LogP contribution in [0.25, 0.3) is 11.3 Å². The third kappa shape index (κ3) is 3.53. The molecule has 2 aromatic rings. The van der Waals surface area contributed by atoms with Gasteiger partial charge in [0, 0.05) is 16.9 Å². The van der Waals surface area contributed by atoms with Gasteiger partial charge in [0.15, 0.2) is 5.13 Å². The highest BCUT2D eigenvalue weighted by Crippen LogP contribution is 2.31. The summed E-state index contributed by atoms with van der Waals surface area (Å²) in [7, 11) is 0. The van der Waals surface area contributed by atoms with Crippen molar-refractivity contribution in [3.63, 3.8) is 0 Å². The van der Waals surface area contributed by atoms with Crippen molar-refractivity contribution in [3.8, 4) is 11.3 Å². The first-order valence-corrected chi connectivity index (χ1v) is 8.92. The van der Waals surface area contributed by atoms with Gasteiger partial charge < -0.3 is 5.32 Å². The van der Waals surface area contributed by atoms with Crippen LogP contribution in [-0.2, 0) is 4.79 Å². The van der Waals surface area contributed by atoms with Crippen LogP contribution in [0.15, 0.2) is 29.7 Å². The molecule has 0 bridgehead atoms. The zero-order valence-electron chi connectivity index (χ0n) is 13.8. The summed E-state index contributed by atoms with van der Waals surface area (Å²) in [5.74, 6) is 0.169. The van der Waals surface area contributed by atoms with Crippen LogP contribution in [0.1, 0.15) is 36.0 Å². The quantitative estimate of drug-likeness (QED) is 0.804. The molecule has 1 atom stereocenters. The predicted octanol–water partition coefficient (Wildman–Crippen LogP) is 5.03. The van der Waals surface area contributed by atoms with E-state index in [1.54, 1.807) is 0 Å². The first kappa shape index (κ1) is 15.9. The molecule has 0 unspecified atom stereocenters. The number of amides is 1. The van der Waals surface area contributed by atoms with Gasteiger partial charge in [-0.1, -0.05) is 29.8 Å². The van der Waals surface area contributed by atoms with E-state index in [2.05, 4.69) is 55.4 Å². The molecule has 0 saturated carbocycles. The molecule has 0 spiro atoms. The molecule has 1 aromatic heterocycles. The van der Waals surface area contributed by atoms with Gasteiger partial charge in [0.25, 0.3) is 0 Å². The Kier molecular flexibility index (Phi) is 4.62. The number of carbonyl (C=O) groups excluding carboxylic acids is 1. The Morgan fingerprint density at radius 3 is 2.61 bits per heavy atom. The van der Waals surface area contributed by atoms with Crippen LogP contribution in [0.5, 0.6) is 0 Å². The van der Waals surface area contributed by atoms with Gasteiger partial charge >= 0.3 is 0 Å². The number of carbonyl (C=O) groups is 1. The summed E-state index contributed by atoms with van der Waals surface area (Å²) in [5, 5.41) is 5.71. The number of rotatable bonds is 3. The van der Waals surface area contributed by atoms with Gasteiger partial charge in [-0.3, -0.25) is 4.79 Å². The van der Waals surface area contributed by atoms with Crippen LogP contribution in [-0.4, -0.2) is 10.9 Å². The van der Waals surface area contributed by atoms with Crippen LogP contribution in [0.3, 0.4) is 0 Å². The van der Waals surface area contributed by atoms with Crippen LogP contribution in [0.4, 0.5) is 5.13 Å². The molecule has 0 fully saturated rings. The normalized spacial score (nSPS) is 17.3. The van der Waals surface area contributed by atoms with Crippen molar-refractivity contribution >= 4 is 22.4 Å². The molecule has 1 heterocycles. The van der Waals surface area contributed by atoms with Crippen molar-refractivity contribution < 1.29 is 4.79 Å². The second kappa shape index (κ2) is 6.67. The maximum atomic E-state index is 12.3. The minimum Gasteiger partial charge on any atom is -0.302 e. The third-order valence-electron chi connectivity index (χ3n) is 4.31. The molecule has 3 nitrogen and oxygen atoms in total. The highest BCUT2D eigenvalue weighted by atomic mass is 32.1. The van der Waals surface area contributed by atoms with Crippen LogP contribution in [0, 0.1) is 26.7 Å². The van der Waals surface area contributed by atoms with Gasteiger partial charge in [0.1, 0.15) is 0 Å². The van der Waals surface area contributed by atoms with Crippen LogP contribution < -0.4 is 5.32 Å². The SMILES string of the molecule is Cc1cc(C)c(-c2csc(NC(=O)[C@@H]3CC=CCC3)n2)c(C)c1. The first-order chi connectivity index (χ1) is 11.0. The summed E-state index contributed by atoms with van der Waals surface area (Å²) in [6, 6.07) is 4.35. The lowest BCUT2D eigenvalue weighted by Gasteiger charge is -2.16. The molecule has 120 valence electrons.